The molecule has 160 valence electrons. The predicted molar refractivity (Wildman–Crippen MR) is 115 cm³/mol. The highest BCUT2D eigenvalue weighted by Crippen LogP contribution is 2.46. The van der Waals surface area contributed by atoms with Crippen molar-refractivity contribution in [1.29, 1.82) is 0 Å². The first kappa shape index (κ1) is 24.5. The molecule has 0 heterocycles. The lowest BCUT2D eigenvalue weighted by Gasteiger charge is -2.39. The minimum atomic E-state index is -0.431. The zero-order valence-electron chi connectivity index (χ0n) is 19.1. The van der Waals surface area contributed by atoms with Gasteiger partial charge in [-0.1, -0.05) is 66.5 Å². The van der Waals surface area contributed by atoms with Gasteiger partial charge in [0.15, 0.2) is 13.4 Å². The Labute approximate surface area is 172 Å². The van der Waals surface area contributed by atoms with Crippen molar-refractivity contribution in [2.75, 3.05) is 13.4 Å². The summed E-state index contributed by atoms with van der Waals surface area (Å²) in [5.41, 5.74) is 1.84. The van der Waals surface area contributed by atoms with E-state index in [1.807, 2.05) is 26.0 Å². The first-order valence-electron chi connectivity index (χ1n) is 10.5. The third-order valence-electron chi connectivity index (χ3n) is 5.83. The molecule has 1 aromatic carbocycles. The van der Waals surface area contributed by atoms with Gasteiger partial charge in [0, 0.05) is 0 Å². The van der Waals surface area contributed by atoms with Crippen LogP contribution in [0.4, 0.5) is 0 Å². The summed E-state index contributed by atoms with van der Waals surface area (Å²) in [6, 6.07) is 8.17. The molecule has 0 radical (unpaired) electrons. The standard InChI is InChI=1S/C24H40O4/c1-9-23(5,6)15-21(24(7,8)10-2)19-11-13-20(14-12-19)26-16-22(25)28-17-27-18(3)4/h11-14,18,21H,9-10,15-17H2,1-8H3. The molecule has 4 heteroatoms. The zero-order valence-corrected chi connectivity index (χ0v) is 19.1. The van der Waals surface area contributed by atoms with Gasteiger partial charge in [0.1, 0.15) is 5.75 Å². The van der Waals surface area contributed by atoms with Gasteiger partial charge in [-0.25, -0.2) is 4.79 Å². The van der Waals surface area contributed by atoms with Gasteiger partial charge >= 0.3 is 5.97 Å². The van der Waals surface area contributed by atoms with Gasteiger partial charge in [-0.05, 0) is 54.7 Å². The minimum Gasteiger partial charge on any atom is -0.482 e. The topological polar surface area (TPSA) is 44.8 Å². The zero-order chi connectivity index (χ0) is 21.4. The van der Waals surface area contributed by atoms with Crippen molar-refractivity contribution in [2.24, 2.45) is 10.8 Å². The first-order valence-corrected chi connectivity index (χ1v) is 10.5. The second-order valence-electron chi connectivity index (χ2n) is 9.32. The average molecular weight is 393 g/mol. The van der Waals surface area contributed by atoms with Crippen LogP contribution in [0.1, 0.15) is 86.1 Å². The maximum Gasteiger partial charge on any atom is 0.346 e. The molecule has 0 bridgehead atoms. The monoisotopic (exact) mass is 392 g/mol. The molecule has 0 saturated carbocycles. The van der Waals surface area contributed by atoms with E-state index >= 15 is 0 Å². The Morgan fingerprint density at radius 3 is 2.11 bits per heavy atom. The van der Waals surface area contributed by atoms with Crippen molar-refractivity contribution in [1.82, 2.24) is 0 Å². The number of rotatable bonds is 12. The number of benzene rings is 1. The number of esters is 1. The molecule has 1 rings (SSSR count). The number of ether oxygens (including phenoxy) is 3. The van der Waals surface area contributed by atoms with Gasteiger partial charge in [0.2, 0.25) is 0 Å². The van der Waals surface area contributed by atoms with Crippen molar-refractivity contribution in [3.05, 3.63) is 29.8 Å². The third-order valence-corrected chi connectivity index (χ3v) is 5.83. The molecule has 4 nitrogen and oxygen atoms in total. The molecule has 1 unspecified atom stereocenters. The van der Waals surface area contributed by atoms with Gasteiger partial charge in [-0.2, -0.15) is 0 Å². The Hall–Kier alpha value is -1.55. The van der Waals surface area contributed by atoms with Crippen molar-refractivity contribution in [3.8, 4) is 5.75 Å². The van der Waals surface area contributed by atoms with E-state index in [1.165, 1.54) is 5.56 Å². The van der Waals surface area contributed by atoms with E-state index in [0.717, 1.165) is 19.3 Å². The summed E-state index contributed by atoms with van der Waals surface area (Å²) in [5, 5.41) is 0. The second-order valence-corrected chi connectivity index (χ2v) is 9.32. The van der Waals surface area contributed by atoms with Crippen LogP contribution >= 0.6 is 0 Å². The largest absolute Gasteiger partial charge is 0.482 e. The third kappa shape index (κ3) is 8.22. The highest BCUT2D eigenvalue weighted by molar-refractivity contribution is 5.71. The Morgan fingerprint density at radius 2 is 1.61 bits per heavy atom. The van der Waals surface area contributed by atoms with Gasteiger partial charge in [-0.3, -0.25) is 0 Å². The Bertz CT molecular complexity index is 587. The fraction of sp³-hybridized carbons (Fsp3) is 0.708. The summed E-state index contributed by atoms with van der Waals surface area (Å²) >= 11 is 0. The van der Waals surface area contributed by atoms with Gasteiger partial charge < -0.3 is 14.2 Å². The maximum atomic E-state index is 11.7. The summed E-state index contributed by atoms with van der Waals surface area (Å²) in [6.07, 6.45) is 3.46. The van der Waals surface area contributed by atoms with E-state index in [9.17, 15) is 4.79 Å². The van der Waals surface area contributed by atoms with E-state index in [0.29, 0.717) is 17.1 Å². The molecule has 0 saturated heterocycles. The summed E-state index contributed by atoms with van der Waals surface area (Å²) in [7, 11) is 0. The summed E-state index contributed by atoms with van der Waals surface area (Å²) < 4.78 is 15.7. The summed E-state index contributed by atoms with van der Waals surface area (Å²) in [6.45, 7) is 17.5. The SMILES string of the molecule is CCC(C)(C)CC(c1ccc(OCC(=O)OCOC(C)C)cc1)C(C)(C)CC. The number of hydrogen-bond acceptors (Lipinski definition) is 4. The number of hydrogen-bond donors (Lipinski definition) is 0. The maximum absolute atomic E-state index is 11.7. The average Bonchev–Trinajstić information content (AvgIpc) is 2.64. The Kier molecular flexibility index (Phi) is 9.49. The molecule has 0 spiro atoms. The molecular weight excluding hydrogens is 352 g/mol. The van der Waals surface area contributed by atoms with Crippen LogP contribution in [-0.4, -0.2) is 25.5 Å². The van der Waals surface area contributed by atoms with Crippen LogP contribution in [0, 0.1) is 10.8 Å². The molecule has 1 atom stereocenters. The van der Waals surface area contributed by atoms with E-state index < -0.39 is 5.97 Å². The molecule has 0 aliphatic heterocycles. The number of carbonyl (C=O) groups excluding carboxylic acids is 1. The van der Waals surface area contributed by atoms with Crippen LogP contribution < -0.4 is 4.74 Å². The van der Waals surface area contributed by atoms with Crippen molar-refractivity contribution < 1.29 is 19.0 Å². The molecule has 0 aromatic heterocycles. The number of carbonyl (C=O) groups is 1. The molecule has 0 fully saturated rings. The van der Waals surface area contributed by atoms with Crippen molar-refractivity contribution in [3.63, 3.8) is 0 Å². The minimum absolute atomic E-state index is 0.0271. The lowest BCUT2D eigenvalue weighted by molar-refractivity contribution is -0.161. The summed E-state index contributed by atoms with van der Waals surface area (Å²) in [5.74, 6) is 0.715. The van der Waals surface area contributed by atoms with Crippen LogP contribution in [0.2, 0.25) is 0 Å². The predicted octanol–water partition coefficient (Wildman–Crippen LogP) is 6.34. The highest BCUT2D eigenvalue weighted by Gasteiger charge is 2.33. The van der Waals surface area contributed by atoms with Gasteiger partial charge in [-0.15, -0.1) is 0 Å². The molecule has 1 aromatic rings. The Balaban J connectivity index is 2.75. The lowest BCUT2D eigenvalue weighted by Crippen LogP contribution is -2.27. The van der Waals surface area contributed by atoms with Crippen LogP contribution in [0.25, 0.3) is 0 Å². The van der Waals surface area contributed by atoms with Crippen molar-refractivity contribution in [2.45, 2.75) is 86.7 Å². The molecule has 28 heavy (non-hydrogen) atoms. The van der Waals surface area contributed by atoms with Crippen LogP contribution in [0.3, 0.4) is 0 Å². The fourth-order valence-electron chi connectivity index (χ4n) is 3.00. The lowest BCUT2D eigenvalue weighted by atomic mass is 9.66. The first-order chi connectivity index (χ1) is 13.0. The van der Waals surface area contributed by atoms with E-state index in [-0.39, 0.29) is 24.9 Å². The molecule has 0 amide bonds. The van der Waals surface area contributed by atoms with Gasteiger partial charge in [0.25, 0.3) is 0 Å². The normalized spacial score (nSPS) is 13.5. The fourth-order valence-corrected chi connectivity index (χ4v) is 3.00. The van der Waals surface area contributed by atoms with Gasteiger partial charge in [0.05, 0.1) is 6.10 Å². The highest BCUT2D eigenvalue weighted by atomic mass is 16.7. The summed E-state index contributed by atoms with van der Waals surface area (Å²) in [4.78, 5) is 11.7. The molecule has 0 aliphatic carbocycles. The Morgan fingerprint density at radius 1 is 1.00 bits per heavy atom. The second kappa shape index (κ2) is 10.8. The quantitative estimate of drug-likeness (QED) is 0.308. The van der Waals surface area contributed by atoms with Crippen molar-refractivity contribution >= 4 is 5.97 Å². The van der Waals surface area contributed by atoms with E-state index in [1.54, 1.807) is 0 Å². The molecular formula is C24H40O4. The van der Waals surface area contributed by atoms with E-state index in [2.05, 4.69) is 53.7 Å². The molecule has 0 N–H and O–H groups in total. The van der Waals surface area contributed by atoms with Crippen LogP contribution in [-0.2, 0) is 14.3 Å². The smallest absolute Gasteiger partial charge is 0.346 e. The van der Waals surface area contributed by atoms with Crippen LogP contribution in [0.5, 0.6) is 5.75 Å². The van der Waals surface area contributed by atoms with Crippen LogP contribution in [0.15, 0.2) is 24.3 Å². The molecule has 0 aliphatic rings. The van der Waals surface area contributed by atoms with E-state index in [4.69, 9.17) is 14.2 Å².